The minimum absolute atomic E-state index is 0.296. The van der Waals surface area contributed by atoms with Gasteiger partial charge >= 0.3 is 5.97 Å². The molecular formula is C12H11N3O2. The molecule has 0 radical (unpaired) electrons. The first kappa shape index (κ1) is 11.2. The number of hydrogen-bond donors (Lipinski definition) is 0. The third-order valence-corrected chi connectivity index (χ3v) is 2.11. The minimum Gasteiger partial charge on any atom is -0.462 e. The van der Waals surface area contributed by atoms with E-state index in [-0.39, 0.29) is 0 Å². The van der Waals surface area contributed by atoms with Gasteiger partial charge in [-0.2, -0.15) is 0 Å². The van der Waals surface area contributed by atoms with Crippen molar-refractivity contribution in [3.63, 3.8) is 0 Å². The lowest BCUT2D eigenvalue weighted by Gasteiger charge is -2.03. The average Bonchev–Trinajstić information content (AvgIpc) is 2.41. The third-order valence-electron chi connectivity index (χ3n) is 2.11. The molecule has 0 bridgehead atoms. The van der Waals surface area contributed by atoms with Gasteiger partial charge in [0.25, 0.3) is 0 Å². The summed E-state index contributed by atoms with van der Waals surface area (Å²) in [6, 6.07) is 5.63. The molecule has 0 aromatic carbocycles. The van der Waals surface area contributed by atoms with Crippen molar-refractivity contribution >= 4 is 5.97 Å². The fourth-order valence-corrected chi connectivity index (χ4v) is 1.28. The summed E-state index contributed by atoms with van der Waals surface area (Å²) >= 11 is 0. The van der Waals surface area contributed by atoms with Crippen LogP contribution in [0.25, 0.3) is 0 Å². The van der Waals surface area contributed by atoms with Gasteiger partial charge in [-0.05, 0) is 12.1 Å². The van der Waals surface area contributed by atoms with Gasteiger partial charge in [-0.1, -0.05) is 6.07 Å². The highest BCUT2D eigenvalue weighted by Crippen LogP contribution is 1.99. The molecule has 0 spiro atoms. The minimum atomic E-state index is -0.415. The van der Waals surface area contributed by atoms with E-state index in [9.17, 15) is 4.79 Å². The van der Waals surface area contributed by atoms with Crippen molar-refractivity contribution in [2.24, 2.45) is 0 Å². The number of esters is 1. The van der Waals surface area contributed by atoms with Crippen molar-refractivity contribution in [2.75, 3.05) is 6.61 Å². The first-order valence-electron chi connectivity index (χ1n) is 5.18. The van der Waals surface area contributed by atoms with E-state index in [0.717, 1.165) is 5.69 Å². The summed E-state index contributed by atoms with van der Waals surface area (Å²) in [5.41, 5.74) is 1.25. The number of carbonyl (C=O) groups is 1. The second-order valence-corrected chi connectivity index (χ2v) is 3.33. The van der Waals surface area contributed by atoms with Gasteiger partial charge in [0.1, 0.15) is 6.33 Å². The second kappa shape index (κ2) is 5.69. The van der Waals surface area contributed by atoms with E-state index in [0.29, 0.717) is 18.6 Å². The Morgan fingerprint density at radius 2 is 2.06 bits per heavy atom. The first-order chi connectivity index (χ1) is 8.36. The van der Waals surface area contributed by atoms with Crippen LogP contribution in [0.2, 0.25) is 0 Å². The van der Waals surface area contributed by atoms with Crippen molar-refractivity contribution in [3.8, 4) is 0 Å². The molecule has 86 valence electrons. The Labute approximate surface area is 98.5 Å². The van der Waals surface area contributed by atoms with Gasteiger partial charge < -0.3 is 4.74 Å². The molecular weight excluding hydrogens is 218 g/mol. The standard InChI is InChI=1S/C12H11N3O2/c16-12(10-7-13-9-14-8-10)17-6-4-11-3-1-2-5-15-11/h1-3,5,7-9H,4,6H2. The van der Waals surface area contributed by atoms with Crippen molar-refractivity contribution in [1.82, 2.24) is 15.0 Å². The smallest absolute Gasteiger partial charge is 0.341 e. The molecule has 0 saturated carbocycles. The fraction of sp³-hybridized carbons (Fsp3) is 0.167. The molecule has 0 unspecified atom stereocenters. The molecule has 0 aliphatic heterocycles. The number of rotatable bonds is 4. The van der Waals surface area contributed by atoms with Crippen LogP contribution in [-0.4, -0.2) is 27.5 Å². The van der Waals surface area contributed by atoms with Crippen LogP contribution in [0.4, 0.5) is 0 Å². The van der Waals surface area contributed by atoms with Crippen molar-refractivity contribution in [3.05, 3.63) is 54.4 Å². The highest BCUT2D eigenvalue weighted by Gasteiger charge is 2.06. The van der Waals surface area contributed by atoms with E-state index >= 15 is 0 Å². The van der Waals surface area contributed by atoms with Crippen LogP contribution >= 0.6 is 0 Å². The highest BCUT2D eigenvalue weighted by molar-refractivity contribution is 5.88. The van der Waals surface area contributed by atoms with E-state index in [2.05, 4.69) is 15.0 Å². The SMILES string of the molecule is O=C(OCCc1ccccn1)c1cncnc1. The monoisotopic (exact) mass is 229 g/mol. The molecule has 2 aromatic heterocycles. The Morgan fingerprint density at radius 3 is 2.76 bits per heavy atom. The Morgan fingerprint density at radius 1 is 1.24 bits per heavy atom. The maximum absolute atomic E-state index is 11.5. The Bertz CT molecular complexity index is 474. The molecule has 5 heteroatoms. The summed E-state index contributed by atoms with van der Waals surface area (Å²) in [5, 5.41) is 0. The van der Waals surface area contributed by atoms with Crippen LogP contribution in [0, 0.1) is 0 Å². The van der Waals surface area contributed by atoms with Crippen molar-refractivity contribution in [1.29, 1.82) is 0 Å². The van der Waals surface area contributed by atoms with E-state index in [1.807, 2.05) is 18.2 Å². The van der Waals surface area contributed by atoms with E-state index in [1.165, 1.54) is 18.7 Å². The quantitative estimate of drug-likeness (QED) is 0.739. The fourth-order valence-electron chi connectivity index (χ4n) is 1.28. The number of aromatic nitrogens is 3. The van der Waals surface area contributed by atoms with Crippen LogP contribution < -0.4 is 0 Å². The molecule has 2 heterocycles. The van der Waals surface area contributed by atoms with Gasteiger partial charge in [0, 0.05) is 30.7 Å². The summed E-state index contributed by atoms with van der Waals surface area (Å²) in [7, 11) is 0. The Balaban J connectivity index is 1.82. The zero-order valence-corrected chi connectivity index (χ0v) is 9.11. The van der Waals surface area contributed by atoms with Crippen molar-refractivity contribution < 1.29 is 9.53 Å². The van der Waals surface area contributed by atoms with Gasteiger partial charge in [-0.25, -0.2) is 14.8 Å². The van der Waals surface area contributed by atoms with Crippen LogP contribution in [0.3, 0.4) is 0 Å². The van der Waals surface area contributed by atoms with E-state index in [1.54, 1.807) is 6.20 Å². The molecule has 0 saturated heterocycles. The second-order valence-electron chi connectivity index (χ2n) is 3.33. The van der Waals surface area contributed by atoms with Gasteiger partial charge in [0.15, 0.2) is 0 Å². The average molecular weight is 229 g/mol. The van der Waals surface area contributed by atoms with Gasteiger partial charge in [-0.15, -0.1) is 0 Å². The summed E-state index contributed by atoms with van der Waals surface area (Å²) in [5.74, 6) is -0.415. The summed E-state index contributed by atoms with van der Waals surface area (Å²) in [6.07, 6.45) is 6.53. The molecule has 0 fully saturated rings. The lowest BCUT2D eigenvalue weighted by Crippen LogP contribution is -2.09. The Hall–Kier alpha value is -2.30. The lowest BCUT2D eigenvalue weighted by atomic mass is 10.3. The maximum Gasteiger partial charge on any atom is 0.341 e. The van der Waals surface area contributed by atoms with E-state index < -0.39 is 5.97 Å². The van der Waals surface area contributed by atoms with E-state index in [4.69, 9.17) is 4.74 Å². The number of pyridine rings is 1. The number of ether oxygens (including phenoxy) is 1. The van der Waals surface area contributed by atoms with Crippen LogP contribution in [0.15, 0.2) is 43.1 Å². The zero-order valence-electron chi connectivity index (χ0n) is 9.11. The summed E-state index contributed by atoms with van der Waals surface area (Å²) < 4.78 is 5.07. The van der Waals surface area contributed by atoms with Crippen molar-refractivity contribution in [2.45, 2.75) is 6.42 Å². The number of nitrogens with zero attached hydrogens (tertiary/aromatic N) is 3. The molecule has 0 aliphatic carbocycles. The molecule has 0 amide bonds. The zero-order chi connectivity index (χ0) is 11.9. The molecule has 0 N–H and O–H groups in total. The maximum atomic E-state index is 11.5. The summed E-state index contributed by atoms with van der Waals surface area (Å²) in [6.45, 7) is 0.296. The van der Waals surface area contributed by atoms with Crippen LogP contribution in [0.1, 0.15) is 16.1 Å². The molecule has 17 heavy (non-hydrogen) atoms. The Kier molecular flexibility index (Phi) is 3.75. The molecule has 2 aromatic rings. The molecule has 0 atom stereocenters. The van der Waals surface area contributed by atoms with Crippen LogP contribution in [0.5, 0.6) is 0 Å². The topological polar surface area (TPSA) is 65.0 Å². The van der Waals surface area contributed by atoms with Gasteiger partial charge in [0.05, 0.1) is 12.2 Å². The van der Waals surface area contributed by atoms with Gasteiger partial charge in [0.2, 0.25) is 0 Å². The molecule has 5 nitrogen and oxygen atoms in total. The lowest BCUT2D eigenvalue weighted by molar-refractivity contribution is 0.0507. The van der Waals surface area contributed by atoms with Gasteiger partial charge in [-0.3, -0.25) is 4.98 Å². The number of hydrogen-bond acceptors (Lipinski definition) is 5. The third kappa shape index (κ3) is 3.34. The predicted octanol–water partition coefficient (Wildman–Crippen LogP) is 1.27. The predicted molar refractivity (Wildman–Crippen MR) is 60.3 cm³/mol. The largest absolute Gasteiger partial charge is 0.462 e. The summed E-state index contributed by atoms with van der Waals surface area (Å²) in [4.78, 5) is 23.1. The highest BCUT2D eigenvalue weighted by atomic mass is 16.5. The first-order valence-corrected chi connectivity index (χ1v) is 5.18. The molecule has 2 rings (SSSR count). The van der Waals surface area contributed by atoms with Crippen LogP contribution in [-0.2, 0) is 11.2 Å². The number of carbonyl (C=O) groups excluding carboxylic acids is 1. The normalized spacial score (nSPS) is 9.88. The molecule has 0 aliphatic rings.